The van der Waals surface area contributed by atoms with Gasteiger partial charge in [0.1, 0.15) is 6.61 Å². The van der Waals surface area contributed by atoms with Crippen molar-refractivity contribution >= 4 is 6.09 Å². The quantitative estimate of drug-likeness (QED) is 0.811. The number of nitrogens with two attached hydrogens (primary N) is 1. The number of hydrogen-bond acceptors (Lipinski definition) is 4. The predicted octanol–water partition coefficient (Wildman–Crippen LogP) is 0.717. The van der Waals surface area contributed by atoms with Crippen LogP contribution in [0.2, 0.25) is 0 Å². The van der Waals surface area contributed by atoms with E-state index in [9.17, 15) is 9.90 Å². The summed E-state index contributed by atoms with van der Waals surface area (Å²) in [6.45, 7) is 1.09. The summed E-state index contributed by atoms with van der Waals surface area (Å²) in [4.78, 5) is 13.3. The Morgan fingerprint density at radius 2 is 2.17 bits per heavy atom. The summed E-state index contributed by atoms with van der Waals surface area (Å²) in [6.07, 6.45) is -0.397. The standard InChI is InChI=1S/C13H18N2O3/c14-11-8-15(7-6-12(11)16)13(17)18-9-10-4-2-1-3-5-10/h1-5,11-12,16H,6-9,14H2/t11-,12-/m1/s1. The van der Waals surface area contributed by atoms with Gasteiger partial charge in [0, 0.05) is 19.1 Å². The van der Waals surface area contributed by atoms with Gasteiger partial charge in [-0.05, 0) is 12.0 Å². The van der Waals surface area contributed by atoms with Crippen molar-refractivity contribution in [3.8, 4) is 0 Å². The van der Waals surface area contributed by atoms with Crippen molar-refractivity contribution in [2.45, 2.75) is 25.2 Å². The van der Waals surface area contributed by atoms with Crippen LogP contribution in [0, 0.1) is 0 Å². The Labute approximate surface area is 106 Å². The van der Waals surface area contributed by atoms with Gasteiger partial charge in [0.25, 0.3) is 0 Å². The van der Waals surface area contributed by atoms with Gasteiger partial charge < -0.3 is 20.5 Å². The lowest BCUT2D eigenvalue weighted by Gasteiger charge is -2.33. The first-order valence-electron chi connectivity index (χ1n) is 6.06. The van der Waals surface area contributed by atoms with Crippen molar-refractivity contribution in [3.63, 3.8) is 0 Å². The highest BCUT2D eigenvalue weighted by atomic mass is 16.6. The molecule has 0 aliphatic carbocycles. The van der Waals surface area contributed by atoms with Crippen molar-refractivity contribution in [1.82, 2.24) is 4.90 Å². The molecule has 0 unspecified atom stereocenters. The number of likely N-dealkylation sites (tertiary alicyclic amines) is 1. The van der Waals surface area contributed by atoms with Crippen molar-refractivity contribution in [3.05, 3.63) is 35.9 Å². The van der Waals surface area contributed by atoms with Crippen LogP contribution in [-0.2, 0) is 11.3 Å². The SMILES string of the molecule is N[C@@H]1CN(C(=O)OCc2ccccc2)CC[C@H]1O. The average Bonchev–Trinajstić information content (AvgIpc) is 2.40. The molecule has 0 bridgehead atoms. The summed E-state index contributed by atoms with van der Waals surface area (Å²) < 4.78 is 5.20. The Bertz CT molecular complexity index is 396. The molecule has 1 heterocycles. The van der Waals surface area contributed by atoms with Crippen LogP contribution in [0.25, 0.3) is 0 Å². The molecule has 0 radical (unpaired) electrons. The Hall–Kier alpha value is -1.59. The monoisotopic (exact) mass is 250 g/mol. The second-order valence-corrected chi connectivity index (χ2v) is 4.51. The third-order valence-electron chi connectivity index (χ3n) is 3.08. The number of benzene rings is 1. The molecule has 1 aliphatic rings. The summed E-state index contributed by atoms with van der Waals surface area (Å²) in [5, 5.41) is 9.48. The summed E-state index contributed by atoms with van der Waals surface area (Å²) in [5.41, 5.74) is 6.67. The van der Waals surface area contributed by atoms with Crippen LogP contribution < -0.4 is 5.73 Å². The molecule has 5 nitrogen and oxygen atoms in total. The van der Waals surface area contributed by atoms with Gasteiger partial charge in [-0.2, -0.15) is 0 Å². The molecule has 98 valence electrons. The number of aliphatic hydroxyl groups is 1. The number of aliphatic hydroxyl groups excluding tert-OH is 1. The maximum atomic E-state index is 11.8. The van der Waals surface area contributed by atoms with Crippen LogP contribution >= 0.6 is 0 Å². The lowest BCUT2D eigenvalue weighted by molar-refractivity contribution is 0.0441. The molecule has 1 fully saturated rings. The molecule has 1 aliphatic heterocycles. The normalized spacial score (nSPS) is 23.8. The minimum absolute atomic E-state index is 0.258. The highest BCUT2D eigenvalue weighted by Gasteiger charge is 2.28. The molecule has 1 aromatic carbocycles. The molecule has 3 N–H and O–H groups in total. The predicted molar refractivity (Wildman–Crippen MR) is 66.8 cm³/mol. The van der Waals surface area contributed by atoms with Gasteiger partial charge in [-0.25, -0.2) is 4.79 Å². The number of nitrogens with zero attached hydrogens (tertiary/aromatic N) is 1. The first kappa shape index (κ1) is 12.9. The second-order valence-electron chi connectivity index (χ2n) is 4.51. The zero-order valence-electron chi connectivity index (χ0n) is 10.2. The molecule has 0 aromatic heterocycles. The van der Waals surface area contributed by atoms with Gasteiger partial charge in [0.15, 0.2) is 0 Å². The van der Waals surface area contributed by atoms with Crippen LogP contribution in [0.15, 0.2) is 30.3 Å². The van der Waals surface area contributed by atoms with Crippen LogP contribution in [0.5, 0.6) is 0 Å². The topological polar surface area (TPSA) is 75.8 Å². The number of hydrogen-bond donors (Lipinski definition) is 2. The highest BCUT2D eigenvalue weighted by Crippen LogP contribution is 2.11. The smallest absolute Gasteiger partial charge is 0.410 e. The number of ether oxygens (including phenoxy) is 1. The number of carbonyl (C=O) groups excluding carboxylic acids is 1. The molecule has 18 heavy (non-hydrogen) atoms. The molecule has 5 heteroatoms. The van der Waals surface area contributed by atoms with E-state index in [1.165, 1.54) is 0 Å². The van der Waals surface area contributed by atoms with Crippen LogP contribution in [-0.4, -0.2) is 41.3 Å². The second kappa shape index (κ2) is 5.84. The number of piperidine rings is 1. The third kappa shape index (κ3) is 3.21. The fourth-order valence-electron chi connectivity index (χ4n) is 1.95. The van der Waals surface area contributed by atoms with E-state index in [-0.39, 0.29) is 18.7 Å². The Morgan fingerprint density at radius 1 is 1.44 bits per heavy atom. The third-order valence-corrected chi connectivity index (χ3v) is 3.08. The lowest BCUT2D eigenvalue weighted by atomic mass is 10.0. The fraction of sp³-hybridized carbons (Fsp3) is 0.462. The molecular formula is C13H18N2O3. The van der Waals surface area contributed by atoms with Crippen LogP contribution in [0.1, 0.15) is 12.0 Å². The maximum Gasteiger partial charge on any atom is 0.410 e. The van der Waals surface area contributed by atoms with Crippen LogP contribution in [0.3, 0.4) is 0 Å². The highest BCUT2D eigenvalue weighted by molar-refractivity contribution is 5.67. The molecule has 2 rings (SSSR count). The molecule has 1 amide bonds. The van der Waals surface area contributed by atoms with Crippen LogP contribution in [0.4, 0.5) is 4.79 Å². The Balaban J connectivity index is 1.82. The zero-order valence-corrected chi connectivity index (χ0v) is 10.2. The van der Waals surface area contributed by atoms with E-state index >= 15 is 0 Å². The summed E-state index contributed by atoms with van der Waals surface area (Å²) in [6, 6.07) is 9.13. The van der Waals surface area contributed by atoms with Crippen molar-refractivity contribution in [2.24, 2.45) is 5.73 Å². The van der Waals surface area contributed by atoms with E-state index in [4.69, 9.17) is 10.5 Å². The van der Waals surface area contributed by atoms with E-state index in [0.717, 1.165) is 5.56 Å². The molecule has 0 saturated carbocycles. The van der Waals surface area contributed by atoms with Gasteiger partial charge in [-0.15, -0.1) is 0 Å². The van der Waals surface area contributed by atoms with Gasteiger partial charge in [-0.3, -0.25) is 0 Å². The molecular weight excluding hydrogens is 232 g/mol. The maximum absolute atomic E-state index is 11.8. The zero-order chi connectivity index (χ0) is 13.0. The van der Waals surface area contributed by atoms with Crippen molar-refractivity contribution in [2.75, 3.05) is 13.1 Å². The van der Waals surface area contributed by atoms with Crippen molar-refractivity contribution in [1.29, 1.82) is 0 Å². The summed E-state index contributed by atoms with van der Waals surface area (Å²) in [5.74, 6) is 0. The minimum atomic E-state index is -0.525. The summed E-state index contributed by atoms with van der Waals surface area (Å²) >= 11 is 0. The van der Waals surface area contributed by atoms with Gasteiger partial charge in [-0.1, -0.05) is 30.3 Å². The number of rotatable bonds is 2. The molecule has 2 atom stereocenters. The minimum Gasteiger partial charge on any atom is -0.445 e. The van der Waals surface area contributed by atoms with E-state index in [1.54, 1.807) is 4.90 Å². The first-order chi connectivity index (χ1) is 8.66. The average molecular weight is 250 g/mol. The summed E-state index contributed by atoms with van der Waals surface area (Å²) in [7, 11) is 0. The number of amides is 1. The molecule has 0 spiro atoms. The van der Waals surface area contributed by atoms with E-state index in [1.807, 2.05) is 30.3 Å². The molecule has 1 saturated heterocycles. The van der Waals surface area contributed by atoms with E-state index in [2.05, 4.69) is 0 Å². The van der Waals surface area contributed by atoms with Gasteiger partial charge in [0.2, 0.25) is 0 Å². The van der Waals surface area contributed by atoms with Crippen molar-refractivity contribution < 1.29 is 14.6 Å². The number of carbonyl (C=O) groups is 1. The lowest BCUT2D eigenvalue weighted by Crippen LogP contribution is -2.53. The Kier molecular flexibility index (Phi) is 4.17. The van der Waals surface area contributed by atoms with Gasteiger partial charge in [0.05, 0.1) is 6.10 Å². The van der Waals surface area contributed by atoms with Gasteiger partial charge >= 0.3 is 6.09 Å². The first-order valence-corrected chi connectivity index (χ1v) is 6.06. The fourth-order valence-corrected chi connectivity index (χ4v) is 1.95. The largest absolute Gasteiger partial charge is 0.445 e. The van der Waals surface area contributed by atoms with E-state index < -0.39 is 6.10 Å². The molecule has 1 aromatic rings. The van der Waals surface area contributed by atoms with E-state index in [0.29, 0.717) is 19.5 Å². The Morgan fingerprint density at radius 3 is 2.83 bits per heavy atom.